The molecule has 0 unspecified atom stereocenters. The molecule has 0 heterocycles. The lowest BCUT2D eigenvalue weighted by molar-refractivity contribution is -0.142. The monoisotopic (exact) mass is 217 g/mol. The minimum Gasteiger partial charge on any atom is -0.466 e. The number of carbonyl (C=O) groups is 2. The van der Waals surface area contributed by atoms with Gasteiger partial charge in [-0.3, -0.25) is 4.79 Å². The van der Waals surface area contributed by atoms with Crippen LogP contribution in [0.15, 0.2) is 5.16 Å². The van der Waals surface area contributed by atoms with Crippen LogP contribution in [0, 0.1) is 0 Å². The Morgan fingerprint density at radius 1 is 1.13 bits per heavy atom. The van der Waals surface area contributed by atoms with Crippen molar-refractivity contribution >= 4 is 17.7 Å². The zero-order valence-electron chi connectivity index (χ0n) is 8.86. The Morgan fingerprint density at radius 3 is 2.20 bits per heavy atom. The van der Waals surface area contributed by atoms with Crippen LogP contribution in [0.25, 0.3) is 0 Å². The Morgan fingerprint density at radius 2 is 1.73 bits per heavy atom. The number of oxime groups is 1. The minimum absolute atomic E-state index is 0.00789. The van der Waals surface area contributed by atoms with E-state index < -0.39 is 11.9 Å². The van der Waals surface area contributed by atoms with Crippen LogP contribution in [-0.2, 0) is 19.1 Å². The average Bonchev–Trinajstić information content (AvgIpc) is 2.19. The Hall–Kier alpha value is -1.59. The molecule has 86 valence electrons. The normalized spacial score (nSPS) is 10.9. The molecule has 0 aliphatic rings. The van der Waals surface area contributed by atoms with Crippen molar-refractivity contribution in [2.24, 2.45) is 5.16 Å². The third-order valence-corrected chi connectivity index (χ3v) is 1.50. The van der Waals surface area contributed by atoms with Crippen molar-refractivity contribution in [3.63, 3.8) is 0 Å². The van der Waals surface area contributed by atoms with Gasteiger partial charge < -0.3 is 14.7 Å². The SMILES string of the molecule is CCOC(=O)CCC(=NO)C(=O)OCC. The molecule has 0 aliphatic heterocycles. The summed E-state index contributed by atoms with van der Waals surface area (Å²) in [4.78, 5) is 22.0. The molecule has 6 nitrogen and oxygen atoms in total. The summed E-state index contributed by atoms with van der Waals surface area (Å²) in [6.07, 6.45) is 0.000213. The number of hydrogen-bond acceptors (Lipinski definition) is 6. The highest BCUT2D eigenvalue weighted by molar-refractivity contribution is 6.36. The van der Waals surface area contributed by atoms with Crippen LogP contribution in [0.3, 0.4) is 0 Å². The Bertz CT molecular complexity index is 249. The van der Waals surface area contributed by atoms with Gasteiger partial charge in [0.05, 0.1) is 19.6 Å². The molecule has 0 spiro atoms. The smallest absolute Gasteiger partial charge is 0.356 e. The van der Waals surface area contributed by atoms with Crippen LogP contribution in [0.4, 0.5) is 0 Å². The second-order valence-corrected chi connectivity index (χ2v) is 2.57. The van der Waals surface area contributed by atoms with Gasteiger partial charge in [-0.25, -0.2) is 4.79 Å². The molecule has 0 radical (unpaired) electrons. The Labute approximate surface area is 87.9 Å². The highest BCUT2D eigenvalue weighted by Crippen LogP contribution is 1.98. The molecule has 6 heteroatoms. The van der Waals surface area contributed by atoms with E-state index in [1.165, 1.54) is 0 Å². The van der Waals surface area contributed by atoms with Gasteiger partial charge in [0, 0.05) is 6.42 Å². The summed E-state index contributed by atoms with van der Waals surface area (Å²) in [7, 11) is 0. The molecule has 0 rings (SSSR count). The minimum atomic E-state index is -0.718. The van der Waals surface area contributed by atoms with Gasteiger partial charge in [-0.05, 0) is 13.8 Å². The molecule has 0 fully saturated rings. The first kappa shape index (κ1) is 13.4. The van der Waals surface area contributed by atoms with Crippen LogP contribution in [0.1, 0.15) is 26.7 Å². The van der Waals surface area contributed by atoms with Crippen molar-refractivity contribution in [3.05, 3.63) is 0 Å². The van der Waals surface area contributed by atoms with Crippen LogP contribution in [0.2, 0.25) is 0 Å². The topological polar surface area (TPSA) is 85.2 Å². The van der Waals surface area contributed by atoms with Gasteiger partial charge in [0.2, 0.25) is 0 Å². The van der Waals surface area contributed by atoms with E-state index in [1.807, 2.05) is 0 Å². The van der Waals surface area contributed by atoms with Crippen LogP contribution in [0.5, 0.6) is 0 Å². The summed E-state index contributed by atoms with van der Waals surface area (Å²) >= 11 is 0. The number of ether oxygens (including phenoxy) is 2. The van der Waals surface area contributed by atoms with E-state index in [-0.39, 0.29) is 31.8 Å². The Balaban J connectivity index is 4.02. The molecule has 0 aromatic carbocycles. The summed E-state index contributed by atoms with van der Waals surface area (Å²) in [5, 5.41) is 11.3. The first-order valence-electron chi connectivity index (χ1n) is 4.69. The number of esters is 2. The summed E-state index contributed by atoms with van der Waals surface area (Å²) in [6, 6.07) is 0. The first-order valence-corrected chi connectivity index (χ1v) is 4.69. The molecule has 0 bridgehead atoms. The lowest BCUT2D eigenvalue weighted by Gasteiger charge is -2.03. The molecule has 0 aliphatic carbocycles. The maximum absolute atomic E-state index is 11.1. The number of rotatable bonds is 6. The molecular formula is C9H15NO5. The van der Waals surface area contributed by atoms with E-state index in [1.54, 1.807) is 13.8 Å². The standard InChI is InChI=1S/C9H15NO5/c1-3-14-8(11)6-5-7(10-13)9(12)15-4-2/h13H,3-6H2,1-2H3. The van der Waals surface area contributed by atoms with Crippen molar-refractivity contribution in [3.8, 4) is 0 Å². The second kappa shape index (κ2) is 7.78. The predicted octanol–water partition coefficient (Wildman–Crippen LogP) is 0.723. The zero-order chi connectivity index (χ0) is 11.7. The van der Waals surface area contributed by atoms with E-state index >= 15 is 0 Å². The molecule has 0 saturated carbocycles. The van der Waals surface area contributed by atoms with E-state index in [0.717, 1.165) is 0 Å². The second-order valence-electron chi connectivity index (χ2n) is 2.57. The van der Waals surface area contributed by atoms with Gasteiger partial charge in [-0.2, -0.15) is 0 Å². The highest BCUT2D eigenvalue weighted by atomic mass is 16.5. The predicted molar refractivity (Wildman–Crippen MR) is 51.7 cm³/mol. The quantitative estimate of drug-likeness (QED) is 0.306. The molecule has 0 atom stereocenters. The maximum atomic E-state index is 11.1. The maximum Gasteiger partial charge on any atom is 0.356 e. The van der Waals surface area contributed by atoms with Gasteiger partial charge in [0.15, 0.2) is 5.71 Å². The number of nitrogens with zero attached hydrogens (tertiary/aromatic N) is 1. The number of hydrogen-bond donors (Lipinski definition) is 1. The van der Waals surface area contributed by atoms with Crippen LogP contribution in [-0.4, -0.2) is 36.1 Å². The fourth-order valence-corrected chi connectivity index (χ4v) is 0.861. The molecule has 0 aromatic heterocycles. The van der Waals surface area contributed by atoms with Crippen LogP contribution >= 0.6 is 0 Å². The first-order chi connectivity index (χ1) is 7.15. The largest absolute Gasteiger partial charge is 0.466 e. The summed E-state index contributed by atoms with van der Waals surface area (Å²) in [6.45, 7) is 3.80. The molecule has 1 N–H and O–H groups in total. The average molecular weight is 217 g/mol. The summed E-state index contributed by atoms with van der Waals surface area (Å²) in [5.74, 6) is -1.16. The van der Waals surface area contributed by atoms with E-state index in [4.69, 9.17) is 5.21 Å². The molecule has 15 heavy (non-hydrogen) atoms. The van der Waals surface area contributed by atoms with Gasteiger partial charge in [-0.15, -0.1) is 0 Å². The highest BCUT2D eigenvalue weighted by Gasteiger charge is 2.15. The lowest BCUT2D eigenvalue weighted by Crippen LogP contribution is -2.19. The van der Waals surface area contributed by atoms with E-state index in [0.29, 0.717) is 0 Å². The van der Waals surface area contributed by atoms with E-state index in [2.05, 4.69) is 14.6 Å². The van der Waals surface area contributed by atoms with Crippen molar-refractivity contribution in [2.75, 3.05) is 13.2 Å². The third-order valence-electron chi connectivity index (χ3n) is 1.50. The van der Waals surface area contributed by atoms with Gasteiger partial charge in [0.1, 0.15) is 0 Å². The third kappa shape index (κ3) is 5.66. The van der Waals surface area contributed by atoms with E-state index in [9.17, 15) is 9.59 Å². The van der Waals surface area contributed by atoms with Crippen molar-refractivity contribution in [1.29, 1.82) is 0 Å². The zero-order valence-corrected chi connectivity index (χ0v) is 8.86. The molecular weight excluding hydrogens is 202 g/mol. The lowest BCUT2D eigenvalue weighted by atomic mass is 10.2. The summed E-state index contributed by atoms with van der Waals surface area (Å²) < 4.78 is 9.25. The fourth-order valence-electron chi connectivity index (χ4n) is 0.861. The summed E-state index contributed by atoms with van der Waals surface area (Å²) in [5.41, 5.74) is -0.176. The van der Waals surface area contributed by atoms with Gasteiger partial charge in [-0.1, -0.05) is 5.16 Å². The molecule has 0 aromatic rings. The molecule has 0 amide bonds. The Kier molecular flexibility index (Phi) is 6.96. The van der Waals surface area contributed by atoms with Crippen LogP contribution < -0.4 is 0 Å². The fraction of sp³-hybridized carbons (Fsp3) is 0.667. The molecule has 0 saturated heterocycles. The van der Waals surface area contributed by atoms with Gasteiger partial charge in [0.25, 0.3) is 0 Å². The van der Waals surface area contributed by atoms with Crippen molar-refractivity contribution < 1.29 is 24.3 Å². The van der Waals surface area contributed by atoms with Crippen molar-refractivity contribution in [2.45, 2.75) is 26.7 Å². The van der Waals surface area contributed by atoms with Gasteiger partial charge >= 0.3 is 11.9 Å². The van der Waals surface area contributed by atoms with Crippen molar-refractivity contribution in [1.82, 2.24) is 0 Å². The number of carbonyl (C=O) groups excluding carboxylic acids is 2.